The molecule has 3 fully saturated rings. The zero-order valence-electron chi connectivity index (χ0n) is 23.8. The van der Waals surface area contributed by atoms with E-state index in [1.807, 2.05) is 6.92 Å². The van der Waals surface area contributed by atoms with Crippen LogP contribution in [0.2, 0.25) is 0 Å². The van der Waals surface area contributed by atoms with Crippen molar-refractivity contribution in [3.8, 4) is 11.8 Å². The van der Waals surface area contributed by atoms with E-state index in [9.17, 15) is 15.1 Å². The second-order valence-electron chi connectivity index (χ2n) is 12.7. The smallest absolute Gasteiger partial charge is 0.151 e. The van der Waals surface area contributed by atoms with Gasteiger partial charge in [0, 0.05) is 31.1 Å². The lowest BCUT2D eigenvalue weighted by atomic mass is 9.48. The molecule has 0 amide bonds. The van der Waals surface area contributed by atoms with Crippen LogP contribution in [0.4, 0.5) is 10.1 Å². The summed E-state index contributed by atoms with van der Waals surface area (Å²) in [5.74, 6) is 6.56. The third-order valence-corrected chi connectivity index (χ3v) is 11.0. The molecule has 6 heteroatoms. The summed E-state index contributed by atoms with van der Waals surface area (Å²) in [5.41, 5.74) is 4.87. The molecule has 4 aliphatic carbocycles. The molecule has 6 atom stereocenters. The number of fused-ring (bicyclic) bond motifs is 4. The predicted molar refractivity (Wildman–Crippen MR) is 155 cm³/mol. The molecule has 5 aliphatic rings. The largest absolute Gasteiger partial charge is 0.411 e. The van der Waals surface area contributed by atoms with E-state index in [1.165, 1.54) is 29.7 Å². The van der Waals surface area contributed by atoms with Gasteiger partial charge in [-0.05, 0) is 104 Å². The highest BCUT2D eigenvalue weighted by molar-refractivity contribution is 5.97. The van der Waals surface area contributed by atoms with Crippen molar-refractivity contribution in [3.05, 3.63) is 52.6 Å². The molecular formula is C34H41FN2O3. The number of benzene rings is 1. The minimum atomic E-state index is -1.12. The number of allylic oxidation sites excluding steroid dienone is 4. The third-order valence-electron chi connectivity index (χ3n) is 11.0. The lowest BCUT2D eigenvalue weighted by Gasteiger charge is -2.55. The number of nitrogens with zero attached hydrogens (tertiary/aromatic N) is 2. The number of aliphatic hydroxyl groups is 1. The third kappa shape index (κ3) is 4.07. The van der Waals surface area contributed by atoms with Crippen molar-refractivity contribution >= 4 is 17.2 Å². The summed E-state index contributed by atoms with van der Waals surface area (Å²) in [6.07, 6.45) is 7.41. The Morgan fingerprint density at radius 3 is 2.62 bits per heavy atom. The normalized spacial score (nSPS) is 36.0. The molecule has 1 heterocycles. The second kappa shape index (κ2) is 10.5. The molecule has 40 heavy (non-hydrogen) atoms. The first-order valence-electron chi connectivity index (χ1n) is 15.2. The van der Waals surface area contributed by atoms with E-state index in [0.29, 0.717) is 43.4 Å². The fourth-order valence-corrected chi connectivity index (χ4v) is 9.17. The van der Waals surface area contributed by atoms with Gasteiger partial charge in [0.1, 0.15) is 12.8 Å². The molecule has 1 aromatic carbocycles. The van der Waals surface area contributed by atoms with Gasteiger partial charge in [-0.1, -0.05) is 48.5 Å². The number of halogens is 1. The standard InChI is InChI=1S/C34H41FN2O3/c1-3-31(39)34(14-6-18-38)15-13-29-27-20-30(35)26-19-23(36-40)9-12-25(26)32(27)28(21-33(29,34)2)22-7-10-24(11-8-22)37-16-4-5-17-37/h7-8,10-11,19,27-30,38,40H,3-5,9,12-13,15-18,20-21H2,1-2H3/t27-,28+,29-,30?,33-,34+/m0/s1. The number of carbonyl (C=O) groups is 1. The molecule has 0 radical (unpaired) electrons. The molecule has 5 nitrogen and oxygen atoms in total. The fourth-order valence-electron chi connectivity index (χ4n) is 9.17. The van der Waals surface area contributed by atoms with Crippen LogP contribution < -0.4 is 4.90 Å². The van der Waals surface area contributed by atoms with Crippen molar-refractivity contribution in [1.82, 2.24) is 0 Å². The lowest BCUT2D eigenvalue weighted by Crippen LogP contribution is -2.51. The number of aliphatic hydroxyl groups excluding tert-OH is 1. The summed E-state index contributed by atoms with van der Waals surface area (Å²) in [6.45, 7) is 6.05. The Morgan fingerprint density at radius 2 is 1.95 bits per heavy atom. The van der Waals surface area contributed by atoms with Gasteiger partial charge in [0.2, 0.25) is 0 Å². The second-order valence-corrected chi connectivity index (χ2v) is 12.7. The first kappa shape index (κ1) is 27.3. The van der Waals surface area contributed by atoms with E-state index >= 15 is 4.39 Å². The van der Waals surface area contributed by atoms with E-state index in [0.717, 1.165) is 31.5 Å². The number of Topliss-reactive ketones (excluding diaryl/α,β-unsaturated/α-hetero) is 1. The maximum Gasteiger partial charge on any atom is 0.151 e. The minimum absolute atomic E-state index is 0.0271. The van der Waals surface area contributed by atoms with Gasteiger partial charge in [-0.2, -0.15) is 0 Å². The molecule has 1 saturated heterocycles. The van der Waals surface area contributed by atoms with Crippen LogP contribution in [-0.2, 0) is 4.79 Å². The van der Waals surface area contributed by atoms with E-state index in [-0.39, 0.29) is 30.1 Å². The van der Waals surface area contributed by atoms with Crippen molar-refractivity contribution < 1.29 is 19.5 Å². The van der Waals surface area contributed by atoms with Gasteiger partial charge in [0.15, 0.2) is 5.78 Å². The Kier molecular flexibility index (Phi) is 7.15. The molecule has 2 N–H and O–H groups in total. The average Bonchev–Trinajstić information content (AvgIpc) is 3.62. The average molecular weight is 545 g/mol. The topological polar surface area (TPSA) is 73.1 Å². The number of ketones is 1. The summed E-state index contributed by atoms with van der Waals surface area (Å²) in [6, 6.07) is 8.96. The number of oxime groups is 1. The fraction of sp³-hybridized carbons (Fsp3) is 0.588. The van der Waals surface area contributed by atoms with Gasteiger partial charge in [0.25, 0.3) is 0 Å². The Labute approximate surface area is 237 Å². The zero-order chi connectivity index (χ0) is 28.1. The molecule has 6 rings (SSSR count). The lowest BCUT2D eigenvalue weighted by molar-refractivity contribution is -0.132. The van der Waals surface area contributed by atoms with Crippen LogP contribution in [0.1, 0.15) is 83.1 Å². The SMILES string of the molecule is CCC(=O)[C@@]1(C#CCO)CC[C@H]2[C@@H]3CC(F)C4=CC(=NO)CCC4=C3[C@@H](c3ccc(N4CCCC4)cc3)C[C@@]21C. The zero-order valence-corrected chi connectivity index (χ0v) is 23.8. The molecule has 1 unspecified atom stereocenters. The molecule has 0 aromatic heterocycles. The number of hydrogen-bond acceptors (Lipinski definition) is 5. The van der Waals surface area contributed by atoms with Crippen LogP contribution in [-0.4, -0.2) is 47.7 Å². The van der Waals surface area contributed by atoms with Crippen LogP contribution in [0, 0.1) is 34.5 Å². The number of anilines is 1. The highest BCUT2D eigenvalue weighted by Gasteiger charge is 2.65. The van der Waals surface area contributed by atoms with Gasteiger partial charge in [-0.15, -0.1) is 0 Å². The van der Waals surface area contributed by atoms with E-state index in [1.54, 1.807) is 6.08 Å². The Morgan fingerprint density at radius 1 is 1.20 bits per heavy atom. The Balaban J connectivity index is 1.51. The molecular weight excluding hydrogens is 503 g/mol. The van der Waals surface area contributed by atoms with Gasteiger partial charge in [0.05, 0.1) is 11.1 Å². The summed E-state index contributed by atoms with van der Waals surface area (Å²) in [5, 5.41) is 22.5. The summed E-state index contributed by atoms with van der Waals surface area (Å²) >= 11 is 0. The summed E-state index contributed by atoms with van der Waals surface area (Å²) < 4.78 is 16.0. The number of alkyl halides is 1. The molecule has 212 valence electrons. The molecule has 0 bridgehead atoms. The number of rotatable bonds is 4. The van der Waals surface area contributed by atoms with Crippen LogP contribution in [0.15, 0.2) is 52.2 Å². The molecule has 2 saturated carbocycles. The first-order chi connectivity index (χ1) is 19.4. The van der Waals surface area contributed by atoms with E-state index < -0.39 is 17.0 Å². The first-order valence-corrected chi connectivity index (χ1v) is 15.2. The van der Waals surface area contributed by atoms with Crippen molar-refractivity contribution in [2.75, 3.05) is 24.6 Å². The van der Waals surface area contributed by atoms with Crippen LogP contribution in [0.5, 0.6) is 0 Å². The van der Waals surface area contributed by atoms with Gasteiger partial charge in [-0.25, -0.2) is 4.39 Å². The molecule has 1 aromatic rings. The van der Waals surface area contributed by atoms with Crippen molar-refractivity contribution in [1.29, 1.82) is 0 Å². The van der Waals surface area contributed by atoms with Crippen LogP contribution in [0.3, 0.4) is 0 Å². The van der Waals surface area contributed by atoms with Crippen molar-refractivity contribution in [2.45, 2.75) is 83.7 Å². The minimum Gasteiger partial charge on any atom is -0.411 e. The van der Waals surface area contributed by atoms with E-state index in [2.05, 4.69) is 53.1 Å². The highest BCUT2D eigenvalue weighted by atomic mass is 19.1. The maximum atomic E-state index is 16.0. The number of hydrogen-bond donors (Lipinski definition) is 2. The van der Waals surface area contributed by atoms with Gasteiger partial charge in [-0.3, -0.25) is 4.79 Å². The number of carbonyl (C=O) groups excluding carboxylic acids is 1. The molecule has 0 spiro atoms. The predicted octanol–water partition coefficient (Wildman–Crippen LogP) is 6.36. The van der Waals surface area contributed by atoms with Crippen LogP contribution >= 0.6 is 0 Å². The van der Waals surface area contributed by atoms with Crippen LogP contribution in [0.25, 0.3) is 0 Å². The monoisotopic (exact) mass is 544 g/mol. The van der Waals surface area contributed by atoms with Crippen molar-refractivity contribution in [3.63, 3.8) is 0 Å². The maximum absolute atomic E-state index is 16.0. The highest BCUT2D eigenvalue weighted by Crippen LogP contribution is 2.70. The van der Waals surface area contributed by atoms with Gasteiger partial charge >= 0.3 is 0 Å². The summed E-state index contributed by atoms with van der Waals surface area (Å²) in [4.78, 5) is 16.2. The van der Waals surface area contributed by atoms with Crippen molar-refractivity contribution in [2.24, 2.45) is 27.8 Å². The Hall–Kier alpha value is -2.91. The Bertz CT molecular complexity index is 1330. The van der Waals surface area contributed by atoms with Gasteiger partial charge < -0.3 is 15.2 Å². The van der Waals surface area contributed by atoms with E-state index in [4.69, 9.17) is 0 Å². The quantitative estimate of drug-likeness (QED) is 0.263. The molecule has 1 aliphatic heterocycles. The summed E-state index contributed by atoms with van der Waals surface area (Å²) in [7, 11) is 0.